The standard InChI is InChI=1S/C19H25N3O3/c1-13(9-15-6-7-17-18(10-15)25-12-24-17)22(3)14(2)21-19(23)16-5-4-8-20-11-16/h4,6-8,10-11,13-14,20H,5,9,12H2,1-3H3,(H,21,23). The molecule has 6 nitrogen and oxygen atoms in total. The van der Waals surface area contributed by atoms with Crippen molar-refractivity contribution in [2.24, 2.45) is 0 Å². The Balaban J connectivity index is 1.55. The number of carbonyl (C=O) groups is 1. The van der Waals surface area contributed by atoms with Crippen molar-refractivity contribution in [3.63, 3.8) is 0 Å². The van der Waals surface area contributed by atoms with Crippen molar-refractivity contribution in [2.75, 3.05) is 13.8 Å². The second kappa shape index (κ2) is 7.61. The number of rotatable bonds is 6. The van der Waals surface area contributed by atoms with Gasteiger partial charge >= 0.3 is 0 Å². The molecule has 0 saturated carbocycles. The lowest BCUT2D eigenvalue weighted by Crippen LogP contribution is -2.49. The lowest BCUT2D eigenvalue weighted by Gasteiger charge is -2.31. The lowest BCUT2D eigenvalue weighted by atomic mass is 10.1. The number of fused-ring (bicyclic) bond motifs is 1. The largest absolute Gasteiger partial charge is 0.454 e. The monoisotopic (exact) mass is 343 g/mol. The van der Waals surface area contributed by atoms with Gasteiger partial charge in [0.05, 0.1) is 6.17 Å². The number of nitrogens with one attached hydrogen (secondary N) is 2. The van der Waals surface area contributed by atoms with E-state index >= 15 is 0 Å². The van der Waals surface area contributed by atoms with Crippen molar-refractivity contribution in [3.05, 3.63) is 47.8 Å². The Morgan fingerprint density at radius 2 is 2.12 bits per heavy atom. The number of allylic oxidation sites excluding steroid dienone is 1. The van der Waals surface area contributed by atoms with Crippen molar-refractivity contribution in [1.29, 1.82) is 0 Å². The Hall–Kier alpha value is -2.47. The third kappa shape index (κ3) is 4.14. The van der Waals surface area contributed by atoms with Crippen LogP contribution in [0.2, 0.25) is 0 Å². The fourth-order valence-electron chi connectivity index (χ4n) is 2.94. The highest BCUT2D eigenvalue weighted by molar-refractivity contribution is 5.93. The molecule has 0 bridgehead atoms. The van der Waals surface area contributed by atoms with Gasteiger partial charge < -0.3 is 20.1 Å². The van der Waals surface area contributed by atoms with E-state index in [9.17, 15) is 4.79 Å². The van der Waals surface area contributed by atoms with Gasteiger partial charge in [-0.3, -0.25) is 9.69 Å². The topological polar surface area (TPSA) is 62.8 Å². The molecular formula is C19H25N3O3. The minimum absolute atomic E-state index is 0.0357. The van der Waals surface area contributed by atoms with Crippen molar-refractivity contribution in [1.82, 2.24) is 15.5 Å². The van der Waals surface area contributed by atoms with Crippen molar-refractivity contribution >= 4 is 5.91 Å². The van der Waals surface area contributed by atoms with Crippen LogP contribution < -0.4 is 20.1 Å². The van der Waals surface area contributed by atoms with Crippen LogP contribution in [0.5, 0.6) is 11.5 Å². The maximum Gasteiger partial charge on any atom is 0.250 e. The number of nitrogens with zero attached hydrogens (tertiary/aromatic N) is 1. The zero-order valence-corrected chi connectivity index (χ0v) is 14.9. The number of benzene rings is 1. The Kier molecular flexibility index (Phi) is 5.28. The number of dihydropyridines is 1. The van der Waals surface area contributed by atoms with Gasteiger partial charge in [-0.05, 0) is 57.6 Å². The summed E-state index contributed by atoms with van der Waals surface area (Å²) in [5.74, 6) is 1.57. The highest BCUT2D eigenvalue weighted by atomic mass is 16.7. The van der Waals surface area contributed by atoms with Crippen molar-refractivity contribution in [2.45, 2.75) is 38.9 Å². The molecule has 0 aromatic heterocycles. The normalized spacial score (nSPS) is 17.7. The molecule has 134 valence electrons. The van der Waals surface area contributed by atoms with Crippen LogP contribution in [0.3, 0.4) is 0 Å². The van der Waals surface area contributed by atoms with Crippen LogP contribution in [0.1, 0.15) is 25.8 Å². The highest BCUT2D eigenvalue weighted by Gasteiger charge is 2.21. The molecule has 1 aromatic rings. The molecule has 0 aliphatic carbocycles. The Morgan fingerprint density at radius 1 is 1.32 bits per heavy atom. The summed E-state index contributed by atoms with van der Waals surface area (Å²) in [5.41, 5.74) is 1.93. The van der Waals surface area contributed by atoms with Gasteiger partial charge in [-0.1, -0.05) is 12.1 Å². The summed E-state index contributed by atoms with van der Waals surface area (Å²) in [5, 5.41) is 6.01. The quantitative estimate of drug-likeness (QED) is 0.775. The molecule has 2 unspecified atom stereocenters. The summed E-state index contributed by atoms with van der Waals surface area (Å²) in [4.78, 5) is 14.5. The molecule has 0 saturated heterocycles. The molecule has 2 aliphatic heterocycles. The number of carbonyl (C=O) groups excluding carboxylic acids is 1. The van der Waals surface area contributed by atoms with Crippen LogP contribution in [0.15, 0.2) is 42.2 Å². The van der Waals surface area contributed by atoms with Gasteiger partial charge in [0.2, 0.25) is 12.7 Å². The summed E-state index contributed by atoms with van der Waals surface area (Å²) in [6, 6.07) is 6.30. The average Bonchev–Trinajstić information content (AvgIpc) is 3.09. The van der Waals surface area contributed by atoms with E-state index in [-0.39, 0.29) is 24.9 Å². The van der Waals surface area contributed by atoms with E-state index in [1.807, 2.05) is 38.4 Å². The second-order valence-corrected chi connectivity index (χ2v) is 6.50. The summed E-state index contributed by atoms with van der Waals surface area (Å²) < 4.78 is 10.8. The predicted molar refractivity (Wildman–Crippen MR) is 96.1 cm³/mol. The fourth-order valence-corrected chi connectivity index (χ4v) is 2.94. The number of hydrogen-bond donors (Lipinski definition) is 2. The van der Waals surface area contributed by atoms with Crippen LogP contribution in [0.25, 0.3) is 0 Å². The van der Waals surface area contributed by atoms with Crippen LogP contribution in [0, 0.1) is 0 Å². The SMILES string of the molecule is CC(Cc1ccc2c(c1)OCO2)N(C)C(C)NC(=O)C1=CNC=CC1. The third-order valence-electron chi connectivity index (χ3n) is 4.72. The van der Waals surface area contributed by atoms with E-state index in [2.05, 4.69) is 28.5 Å². The van der Waals surface area contributed by atoms with E-state index in [1.165, 1.54) is 5.56 Å². The zero-order chi connectivity index (χ0) is 17.8. The second-order valence-electron chi connectivity index (χ2n) is 6.50. The number of amides is 1. The molecule has 2 N–H and O–H groups in total. The van der Waals surface area contributed by atoms with Crippen molar-refractivity contribution < 1.29 is 14.3 Å². The van der Waals surface area contributed by atoms with Crippen LogP contribution >= 0.6 is 0 Å². The molecule has 25 heavy (non-hydrogen) atoms. The molecule has 0 radical (unpaired) electrons. The van der Waals surface area contributed by atoms with Gasteiger partial charge in [-0.15, -0.1) is 0 Å². The molecule has 0 fully saturated rings. The first-order valence-corrected chi connectivity index (χ1v) is 8.56. The summed E-state index contributed by atoms with van der Waals surface area (Å²) in [7, 11) is 2.02. The number of likely N-dealkylation sites (N-methyl/N-ethyl adjacent to an activating group) is 1. The van der Waals surface area contributed by atoms with Gasteiger partial charge in [-0.2, -0.15) is 0 Å². The molecule has 2 atom stereocenters. The van der Waals surface area contributed by atoms with Gasteiger partial charge in [0.25, 0.3) is 0 Å². The molecule has 0 spiro atoms. The first-order chi connectivity index (χ1) is 12.0. The summed E-state index contributed by atoms with van der Waals surface area (Å²) >= 11 is 0. The van der Waals surface area contributed by atoms with Gasteiger partial charge in [0.15, 0.2) is 11.5 Å². The smallest absolute Gasteiger partial charge is 0.250 e. The third-order valence-corrected chi connectivity index (χ3v) is 4.72. The lowest BCUT2D eigenvalue weighted by molar-refractivity contribution is -0.119. The molecule has 1 aromatic carbocycles. The minimum Gasteiger partial charge on any atom is -0.454 e. The van der Waals surface area contributed by atoms with Crippen LogP contribution in [-0.4, -0.2) is 36.9 Å². The van der Waals surface area contributed by atoms with E-state index < -0.39 is 0 Å². The maximum atomic E-state index is 12.3. The molecule has 3 rings (SSSR count). The predicted octanol–water partition coefficient (Wildman–Crippen LogP) is 2.13. The zero-order valence-electron chi connectivity index (χ0n) is 14.9. The van der Waals surface area contributed by atoms with Gasteiger partial charge in [-0.25, -0.2) is 0 Å². The van der Waals surface area contributed by atoms with E-state index in [0.717, 1.165) is 23.5 Å². The summed E-state index contributed by atoms with van der Waals surface area (Å²) in [6.45, 7) is 4.44. The Morgan fingerprint density at radius 3 is 2.88 bits per heavy atom. The molecular weight excluding hydrogens is 318 g/mol. The fraction of sp³-hybridized carbons (Fsp3) is 0.421. The van der Waals surface area contributed by atoms with Crippen LogP contribution in [0.4, 0.5) is 0 Å². The average molecular weight is 343 g/mol. The number of hydrogen-bond acceptors (Lipinski definition) is 5. The summed E-state index contributed by atoms with van der Waals surface area (Å²) in [6.07, 6.45) is 6.97. The van der Waals surface area contributed by atoms with E-state index in [0.29, 0.717) is 6.42 Å². The van der Waals surface area contributed by atoms with Crippen molar-refractivity contribution in [3.8, 4) is 11.5 Å². The molecule has 6 heteroatoms. The molecule has 2 aliphatic rings. The van der Waals surface area contributed by atoms with Gasteiger partial charge in [0.1, 0.15) is 0 Å². The number of ether oxygens (including phenoxy) is 2. The Bertz CT molecular complexity index is 699. The minimum atomic E-state index is -0.0664. The molecule has 2 heterocycles. The first kappa shape index (κ1) is 17.4. The van der Waals surface area contributed by atoms with E-state index in [1.54, 1.807) is 6.20 Å². The maximum absolute atomic E-state index is 12.3. The van der Waals surface area contributed by atoms with Crippen LogP contribution in [-0.2, 0) is 11.2 Å². The highest BCUT2D eigenvalue weighted by Crippen LogP contribution is 2.33. The van der Waals surface area contributed by atoms with E-state index in [4.69, 9.17) is 9.47 Å². The van der Waals surface area contributed by atoms with Gasteiger partial charge in [0, 0.05) is 17.8 Å². The first-order valence-electron chi connectivity index (χ1n) is 8.56. The Labute approximate surface area is 148 Å². The molecule has 1 amide bonds.